The highest BCUT2D eigenvalue weighted by molar-refractivity contribution is 8.14. The van der Waals surface area contributed by atoms with Gasteiger partial charge in [0.25, 0.3) is 0 Å². The summed E-state index contributed by atoms with van der Waals surface area (Å²) in [7, 11) is 0.577. The van der Waals surface area contributed by atoms with Crippen molar-refractivity contribution in [2.75, 3.05) is 11.5 Å². The fourth-order valence-electron chi connectivity index (χ4n) is 0.714. The lowest BCUT2D eigenvalue weighted by Gasteiger charge is -1.84. The molecule has 0 atom stereocenters. The zero-order valence-corrected chi connectivity index (χ0v) is 4.76. The summed E-state index contributed by atoms with van der Waals surface area (Å²) >= 11 is 0. The van der Waals surface area contributed by atoms with Crippen LogP contribution in [0.3, 0.4) is 0 Å². The third-order valence-corrected chi connectivity index (χ3v) is 2.85. The molecule has 1 fully saturated rings. The Kier molecular flexibility index (Phi) is 1.30. The van der Waals surface area contributed by atoms with Gasteiger partial charge in [-0.05, 0) is 24.3 Å². The van der Waals surface area contributed by atoms with Crippen molar-refractivity contribution in [3.05, 3.63) is 0 Å². The minimum absolute atomic E-state index is 0.577. The van der Waals surface area contributed by atoms with Gasteiger partial charge in [0.05, 0.1) is 0 Å². The van der Waals surface area contributed by atoms with Crippen LogP contribution in [0.5, 0.6) is 0 Å². The van der Waals surface area contributed by atoms with Gasteiger partial charge in [-0.15, -0.1) is 0 Å². The minimum atomic E-state index is 0.577. The van der Waals surface area contributed by atoms with Gasteiger partial charge in [-0.3, -0.25) is 0 Å². The summed E-state index contributed by atoms with van der Waals surface area (Å²) < 4.78 is 0. The first-order valence-corrected chi connectivity index (χ1v) is 4.10. The predicted octanol–water partition coefficient (Wildman–Crippen LogP) is 1.48. The first-order valence-electron chi connectivity index (χ1n) is 2.37. The number of hydrogen-bond acceptors (Lipinski definition) is 0. The molecule has 0 N–H and O–H groups in total. The summed E-state index contributed by atoms with van der Waals surface area (Å²) in [4.78, 5) is 0. The molecule has 0 nitrogen and oxygen atoms in total. The highest BCUT2D eigenvalue weighted by Gasteiger charge is 1.99. The fourth-order valence-corrected chi connectivity index (χ4v) is 2.14. The summed E-state index contributed by atoms with van der Waals surface area (Å²) in [6.07, 6.45) is 2.87. The molecule has 36 valence electrons. The zero-order valence-electron chi connectivity index (χ0n) is 3.94. The highest BCUT2D eigenvalue weighted by atomic mass is 32.2. The van der Waals surface area contributed by atoms with Crippen molar-refractivity contribution in [2.24, 2.45) is 0 Å². The van der Waals surface area contributed by atoms with Crippen molar-refractivity contribution in [2.45, 2.75) is 12.8 Å². The van der Waals surface area contributed by atoms with Crippen LogP contribution < -0.4 is 0 Å². The van der Waals surface area contributed by atoms with Crippen molar-refractivity contribution in [3.8, 4) is 0 Å². The highest BCUT2D eigenvalue weighted by Crippen LogP contribution is 2.21. The second-order valence-corrected chi connectivity index (χ2v) is 3.77. The van der Waals surface area contributed by atoms with E-state index in [0.29, 0.717) is 10.5 Å². The van der Waals surface area contributed by atoms with E-state index in [-0.39, 0.29) is 0 Å². The third-order valence-electron chi connectivity index (χ3n) is 1.12. The van der Waals surface area contributed by atoms with E-state index >= 15 is 0 Å². The maximum Gasteiger partial charge on any atom is -0.0122 e. The molecule has 1 aliphatic heterocycles. The molecule has 0 radical (unpaired) electrons. The maximum absolute atomic E-state index is 3.97. The van der Waals surface area contributed by atoms with Crippen molar-refractivity contribution in [3.63, 3.8) is 0 Å². The van der Waals surface area contributed by atoms with Gasteiger partial charge in [0.2, 0.25) is 0 Å². The molecule has 0 amide bonds. The smallest absolute Gasteiger partial charge is 0.0122 e. The van der Waals surface area contributed by atoms with Gasteiger partial charge in [-0.1, -0.05) is 5.87 Å². The molecule has 1 heterocycles. The molecule has 0 aromatic carbocycles. The van der Waals surface area contributed by atoms with E-state index in [1.807, 2.05) is 0 Å². The van der Waals surface area contributed by atoms with Crippen LogP contribution in [0.15, 0.2) is 0 Å². The van der Waals surface area contributed by atoms with Crippen LogP contribution >= 0.6 is 10.5 Å². The molecule has 1 aliphatic rings. The van der Waals surface area contributed by atoms with E-state index in [9.17, 15) is 0 Å². The minimum Gasteiger partial charge on any atom is -0.193 e. The molecule has 6 heavy (non-hydrogen) atoms. The molecule has 0 bridgehead atoms. The van der Waals surface area contributed by atoms with Crippen molar-refractivity contribution in [1.82, 2.24) is 0 Å². The third kappa shape index (κ3) is 0.839. The summed E-state index contributed by atoms with van der Waals surface area (Å²) in [5.41, 5.74) is 0. The van der Waals surface area contributed by atoms with Gasteiger partial charge in [-0.25, -0.2) is 0 Å². The van der Waals surface area contributed by atoms with Gasteiger partial charge < -0.3 is 0 Å². The molecule has 1 rings (SSSR count). The average Bonchev–Trinajstić information content (AvgIpc) is 1.86. The monoisotopic (exact) mass is 102 g/mol. The van der Waals surface area contributed by atoms with Gasteiger partial charge in [0.1, 0.15) is 0 Å². The topological polar surface area (TPSA) is 0 Å². The van der Waals surface area contributed by atoms with Crippen LogP contribution in [0.2, 0.25) is 0 Å². The molecule has 0 aliphatic carbocycles. The SMILES string of the molecule is C=S1CCCC1. The molecule has 0 aromatic heterocycles. The second-order valence-electron chi connectivity index (χ2n) is 1.73. The Hall–Kier alpha value is 0.220. The van der Waals surface area contributed by atoms with E-state index in [1.54, 1.807) is 0 Å². The molecule has 0 aromatic rings. The van der Waals surface area contributed by atoms with Gasteiger partial charge in [0, 0.05) is 0 Å². The Morgan fingerprint density at radius 3 is 1.83 bits per heavy atom. The summed E-state index contributed by atoms with van der Waals surface area (Å²) in [5, 5.41) is 0. The second kappa shape index (κ2) is 1.78. The largest absolute Gasteiger partial charge is 0.193 e. The molecule has 1 saturated heterocycles. The standard InChI is InChI=1S/C5H10S/c1-6-4-2-3-5-6/h1-5H2. The fraction of sp³-hybridized carbons (Fsp3) is 0.800. The molecular formula is C5H10S. The van der Waals surface area contributed by atoms with Crippen LogP contribution in [0.1, 0.15) is 12.8 Å². The quantitative estimate of drug-likeness (QED) is 0.406. The normalized spacial score (nSPS) is 25.3. The molecule has 0 saturated carbocycles. The van der Waals surface area contributed by atoms with Crippen LogP contribution in [-0.2, 0) is 0 Å². The summed E-state index contributed by atoms with van der Waals surface area (Å²) in [5.74, 6) is 6.77. The predicted molar refractivity (Wildman–Crippen MR) is 33.7 cm³/mol. The van der Waals surface area contributed by atoms with Crippen LogP contribution in [-0.4, -0.2) is 17.4 Å². The van der Waals surface area contributed by atoms with Crippen LogP contribution in [0.4, 0.5) is 0 Å². The zero-order chi connectivity index (χ0) is 4.41. The lowest BCUT2D eigenvalue weighted by molar-refractivity contribution is 0.949. The van der Waals surface area contributed by atoms with E-state index in [1.165, 1.54) is 24.3 Å². The maximum atomic E-state index is 3.97. The first kappa shape index (κ1) is 4.38. The lowest BCUT2D eigenvalue weighted by atomic mass is 10.4. The number of rotatable bonds is 0. The Balaban J connectivity index is 2.37. The molecular weight excluding hydrogens is 92.1 g/mol. The Labute approximate surface area is 41.5 Å². The van der Waals surface area contributed by atoms with Gasteiger partial charge in [-0.2, -0.15) is 10.5 Å². The first-order chi connectivity index (χ1) is 2.89. The Bertz CT molecular complexity index is 58.3. The van der Waals surface area contributed by atoms with Crippen molar-refractivity contribution >= 4 is 16.4 Å². The molecule has 0 spiro atoms. The van der Waals surface area contributed by atoms with Crippen LogP contribution in [0, 0.1) is 0 Å². The van der Waals surface area contributed by atoms with Gasteiger partial charge in [0.15, 0.2) is 0 Å². The van der Waals surface area contributed by atoms with E-state index < -0.39 is 0 Å². The van der Waals surface area contributed by atoms with Crippen molar-refractivity contribution < 1.29 is 0 Å². The average molecular weight is 102 g/mol. The van der Waals surface area contributed by atoms with Crippen molar-refractivity contribution in [1.29, 1.82) is 0 Å². The Morgan fingerprint density at radius 2 is 1.67 bits per heavy atom. The number of hydrogen-bond donors (Lipinski definition) is 0. The molecule has 1 heteroatoms. The van der Waals surface area contributed by atoms with E-state index in [2.05, 4.69) is 5.87 Å². The van der Waals surface area contributed by atoms with E-state index in [4.69, 9.17) is 0 Å². The van der Waals surface area contributed by atoms with Gasteiger partial charge >= 0.3 is 0 Å². The summed E-state index contributed by atoms with van der Waals surface area (Å²) in [6.45, 7) is 0. The summed E-state index contributed by atoms with van der Waals surface area (Å²) in [6, 6.07) is 0. The Morgan fingerprint density at radius 1 is 1.17 bits per heavy atom. The van der Waals surface area contributed by atoms with E-state index in [0.717, 1.165) is 0 Å². The van der Waals surface area contributed by atoms with Crippen LogP contribution in [0.25, 0.3) is 0 Å². The lowest BCUT2D eigenvalue weighted by Crippen LogP contribution is -1.62. The molecule has 0 unspecified atom stereocenters.